The fraction of sp³-hybridized carbons (Fsp3) is 0.368. The predicted octanol–water partition coefficient (Wildman–Crippen LogP) is 3.93. The van der Waals surface area contributed by atoms with E-state index in [1.165, 1.54) is 16.8 Å². The summed E-state index contributed by atoms with van der Waals surface area (Å²) in [6.45, 7) is 8.90. The minimum absolute atomic E-state index is 0.149. The van der Waals surface area contributed by atoms with Crippen molar-refractivity contribution in [3.63, 3.8) is 0 Å². The van der Waals surface area contributed by atoms with E-state index < -0.39 is 0 Å². The first-order valence-corrected chi connectivity index (χ1v) is 7.73. The number of para-hydroxylation sites is 1. The first-order chi connectivity index (χ1) is 10.1. The van der Waals surface area contributed by atoms with Gasteiger partial charge in [-0.15, -0.1) is 0 Å². The van der Waals surface area contributed by atoms with Crippen LogP contribution in [-0.2, 0) is 0 Å². The Morgan fingerprint density at radius 1 is 1.00 bits per heavy atom. The first-order valence-electron chi connectivity index (χ1n) is 7.73. The van der Waals surface area contributed by atoms with E-state index in [1.807, 2.05) is 0 Å². The van der Waals surface area contributed by atoms with Gasteiger partial charge in [0, 0.05) is 35.9 Å². The SMILES string of the molecule is CC1CNC(C)(C)CN1c1ccccc1-c1ccccc1. The van der Waals surface area contributed by atoms with Crippen molar-refractivity contribution in [2.45, 2.75) is 32.4 Å². The van der Waals surface area contributed by atoms with Gasteiger partial charge in [-0.25, -0.2) is 0 Å². The molecular weight excluding hydrogens is 256 g/mol. The van der Waals surface area contributed by atoms with Crippen molar-refractivity contribution in [2.75, 3.05) is 18.0 Å². The molecular formula is C19H24N2. The number of rotatable bonds is 2. The van der Waals surface area contributed by atoms with Crippen LogP contribution in [-0.4, -0.2) is 24.7 Å². The molecule has 0 saturated carbocycles. The zero-order valence-electron chi connectivity index (χ0n) is 13.1. The van der Waals surface area contributed by atoms with Crippen LogP contribution in [0.2, 0.25) is 0 Å². The molecule has 0 aliphatic carbocycles. The lowest BCUT2D eigenvalue weighted by atomic mass is 9.96. The summed E-state index contributed by atoms with van der Waals surface area (Å²) in [4.78, 5) is 2.54. The molecule has 110 valence electrons. The lowest BCUT2D eigenvalue weighted by molar-refractivity contribution is 0.318. The van der Waals surface area contributed by atoms with Gasteiger partial charge in [0.25, 0.3) is 0 Å². The third kappa shape index (κ3) is 2.96. The Balaban J connectivity index is 2.02. The van der Waals surface area contributed by atoms with Gasteiger partial charge in [0.05, 0.1) is 0 Å². The molecule has 2 aromatic rings. The standard InChI is InChI=1S/C19H24N2/c1-15-13-20-19(2,3)14-21(15)18-12-8-7-11-17(18)16-9-5-4-6-10-16/h4-12,15,20H,13-14H2,1-3H3. The van der Waals surface area contributed by atoms with Crippen LogP contribution < -0.4 is 10.2 Å². The van der Waals surface area contributed by atoms with Crippen molar-refractivity contribution in [1.29, 1.82) is 0 Å². The van der Waals surface area contributed by atoms with Crippen LogP contribution in [0.5, 0.6) is 0 Å². The molecule has 1 N–H and O–H groups in total. The molecule has 0 spiro atoms. The van der Waals surface area contributed by atoms with Crippen molar-refractivity contribution in [3.05, 3.63) is 54.6 Å². The van der Waals surface area contributed by atoms with Crippen molar-refractivity contribution in [2.24, 2.45) is 0 Å². The number of hydrogen-bond donors (Lipinski definition) is 1. The molecule has 2 nitrogen and oxygen atoms in total. The van der Waals surface area contributed by atoms with Crippen molar-refractivity contribution >= 4 is 5.69 Å². The Bertz CT molecular complexity index is 604. The molecule has 1 heterocycles. The number of hydrogen-bond acceptors (Lipinski definition) is 2. The maximum Gasteiger partial charge on any atom is 0.0449 e. The fourth-order valence-corrected chi connectivity index (χ4v) is 3.08. The molecule has 1 saturated heterocycles. The van der Waals surface area contributed by atoms with Gasteiger partial charge in [-0.2, -0.15) is 0 Å². The van der Waals surface area contributed by atoms with Crippen molar-refractivity contribution < 1.29 is 0 Å². The number of piperazine rings is 1. The summed E-state index contributed by atoms with van der Waals surface area (Å²) in [5.41, 5.74) is 4.10. The molecule has 0 radical (unpaired) electrons. The lowest BCUT2D eigenvalue weighted by Crippen LogP contribution is -2.61. The highest BCUT2D eigenvalue weighted by molar-refractivity contribution is 5.79. The van der Waals surface area contributed by atoms with Gasteiger partial charge >= 0.3 is 0 Å². The summed E-state index contributed by atoms with van der Waals surface area (Å²) >= 11 is 0. The minimum atomic E-state index is 0.149. The molecule has 1 unspecified atom stereocenters. The molecule has 1 atom stereocenters. The molecule has 21 heavy (non-hydrogen) atoms. The second kappa shape index (κ2) is 5.53. The van der Waals surface area contributed by atoms with Crippen molar-refractivity contribution in [3.8, 4) is 11.1 Å². The Hall–Kier alpha value is -1.80. The smallest absolute Gasteiger partial charge is 0.0449 e. The minimum Gasteiger partial charge on any atom is -0.365 e. The predicted molar refractivity (Wildman–Crippen MR) is 90.8 cm³/mol. The summed E-state index contributed by atoms with van der Waals surface area (Å²) in [5, 5.41) is 3.63. The van der Waals surface area contributed by atoms with Crippen LogP contribution in [0.1, 0.15) is 20.8 Å². The van der Waals surface area contributed by atoms with Gasteiger partial charge in [-0.1, -0.05) is 48.5 Å². The van der Waals surface area contributed by atoms with E-state index in [0.29, 0.717) is 6.04 Å². The van der Waals surface area contributed by atoms with Crippen LogP contribution in [0.3, 0.4) is 0 Å². The fourth-order valence-electron chi connectivity index (χ4n) is 3.08. The zero-order valence-corrected chi connectivity index (χ0v) is 13.1. The van der Waals surface area contributed by atoms with Crippen LogP contribution >= 0.6 is 0 Å². The maximum absolute atomic E-state index is 3.63. The molecule has 0 bridgehead atoms. The Morgan fingerprint density at radius 2 is 1.67 bits per heavy atom. The molecule has 1 aliphatic heterocycles. The number of nitrogens with zero attached hydrogens (tertiary/aromatic N) is 1. The second-order valence-electron chi connectivity index (χ2n) is 6.62. The van der Waals surface area contributed by atoms with E-state index in [9.17, 15) is 0 Å². The summed E-state index contributed by atoms with van der Waals surface area (Å²) in [5.74, 6) is 0. The Kier molecular flexibility index (Phi) is 3.73. The average Bonchev–Trinajstić information content (AvgIpc) is 2.51. The van der Waals surface area contributed by atoms with Gasteiger partial charge < -0.3 is 10.2 Å². The normalized spacial score (nSPS) is 21.3. The van der Waals surface area contributed by atoms with Gasteiger partial charge in [0.15, 0.2) is 0 Å². The molecule has 1 fully saturated rings. The quantitative estimate of drug-likeness (QED) is 0.896. The summed E-state index contributed by atoms with van der Waals surface area (Å²) in [6, 6.07) is 19.9. The summed E-state index contributed by atoms with van der Waals surface area (Å²) in [6.07, 6.45) is 0. The van der Waals surface area contributed by atoms with E-state index >= 15 is 0 Å². The number of benzene rings is 2. The van der Waals surface area contributed by atoms with Crippen LogP contribution in [0.15, 0.2) is 54.6 Å². The molecule has 1 aliphatic rings. The monoisotopic (exact) mass is 280 g/mol. The number of anilines is 1. The molecule has 0 aromatic heterocycles. The molecule has 2 heteroatoms. The van der Waals surface area contributed by atoms with Crippen LogP contribution in [0, 0.1) is 0 Å². The van der Waals surface area contributed by atoms with Gasteiger partial charge in [-0.3, -0.25) is 0 Å². The van der Waals surface area contributed by atoms with Gasteiger partial charge in [0.2, 0.25) is 0 Å². The Morgan fingerprint density at radius 3 is 2.43 bits per heavy atom. The van der Waals surface area contributed by atoms with Crippen LogP contribution in [0.4, 0.5) is 5.69 Å². The maximum atomic E-state index is 3.63. The van der Waals surface area contributed by atoms with Gasteiger partial charge in [-0.05, 0) is 32.4 Å². The van der Waals surface area contributed by atoms with E-state index in [2.05, 4.69) is 85.6 Å². The Labute approximate surface area is 127 Å². The zero-order chi connectivity index (χ0) is 14.9. The number of nitrogens with one attached hydrogen (secondary N) is 1. The molecule has 2 aromatic carbocycles. The highest BCUT2D eigenvalue weighted by Crippen LogP contribution is 2.33. The largest absolute Gasteiger partial charge is 0.365 e. The van der Waals surface area contributed by atoms with Gasteiger partial charge in [0.1, 0.15) is 0 Å². The highest BCUT2D eigenvalue weighted by atomic mass is 15.2. The van der Waals surface area contributed by atoms with E-state index in [1.54, 1.807) is 0 Å². The van der Waals surface area contributed by atoms with Crippen molar-refractivity contribution in [1.82, 2.24) is 5.32 Å². The van der Waals surface area contributed by atoms with Crippen LogP contribution in [0.25, 0.3) is 11.1 Å². The van der Waals surface area contributed by atoms with E-state index in [4.69, 9.17) is 0 Å². The average molecular weight is 280 g/mol. The lowest BCUT2D eigenvalue weighted by Gasteiger charge is -2.45. The van der Waals surface area contributed by atoms with E-state index in [0.717, 1.165) is 13.1 Å². The molecule has 3 rings (SSSR count). The summed E-state index contributed by atoms with van der Waals surface area (Å²) in [7, 11) is 0. The second-order valence-corrected chi connectivity index (χ2v) is 6.62. The third-order valence-electron chi connectivity index (χ3n) is 4.27. The first kappa shape index (κ1) is 14.2. The topological polar surface area (TPSA) is 15.3 Å². The molecule has 0 amide bonds. The van der Waals surface area contributed by atoms with E-state index in [-0.39, 0.29) is 5.54 Å². The highest BCUT2D eigenvalue weighted by Gasteiger charge is 2.31. The summed E-state index contributed by atoms with van der Waals surface area (Å²) < 4.78 is 0. The third-order valence-corrected chi connectivity index (χ3v) is 4.27.